The molecule has 0 saturated carbocycles. The van der Waals surface area contributed by atoms with E-state index in [1.165, 1.54) is 31.8 Å². The van der Waals surface area contributed by atoms with E-state index in [9.17, 15) is 14.7 Å². The van der Waals surface area contributed by atoms with E-state index >= 15 is 0 Å². The SMILES string of the molecule is C=[N+]1C(C)=C(C(=O)OC)C(C(=O)OC)=C1/C=C(/C)O. The maximum absolute atomic E-state index is 11.8. The van der Waals surface area contributed by atoms with Crippen molar-refractivity contribution >= 4 is 18.7 Å². The number of aliphatic hydroxyl groups excluding tert-OH is 1. The normalized spacial score (nSPS) is 16.0. The summed E-state index contributed by atoms with van der Waals surface area (Å²) >= 11 is 0. The third-order valence-corrected chi connectivity index (χ3v) is 2.69. The van der Waals surface area contributed by atoms with Crippen molar-refractivity contribution in [1.82, 2.24) is 0 Å². The fourth-order valence-electron chi connectivity index (χ4n) is 1.77. The van der Waals surface area contributed by atoms with Crippen LogP contribution in [-0.2, 0) is 19.1 Å². The van der Waals surface area contributed by atoms with Gasteiger partial charge in [0.25, 0.3) is 0 Å². The first-order chi connectivity index (χ1) is 8.84. The molecule has 19 heavy (non-hydrogen) atoms. The molecule has 0 saturated heterocycles. The molecule has 1 N–H and O–H groups in total. The van der Waals surface area contributed by atoms with E-state index in [4.69, 9.17) is 0 Å². The molecule has 1 heterocycles. The molecule has 0 spiro atoms. The van der Waals surface area contributed by atoms with Crippen molar-refractivity contribution in [3.63, 3.8) is 0 Å². The van der Waals surface area contributed by atoms with Crippen LogP contribution in [-0.4, -0.2) is 42.6 Å². The Bertz CT molecular complexity index is 547. The Labute approximate surface area is 110 Å². The molecule has 1 aliphatic heterocycles. The lowest BCUT2D eigenvalue weighted by Gasteiger charge is -2.02. The van der Waals surface area contributed by atoms with Crippen molar-refractivity contribution in [1.29, 1.82) is 0 Å². The van der Waals surface area contributed by atoms with Crippen LogP contribution in [0.5, 0.6) is 0 Å². The number of aliphatic hydroxyl groups is 1. The summed E-state index contributed by atoms with van der Waals surface area (Å²) in [7, 11) is 2.43. The molecule has 0 aromatic carbocycles. The molecule has 0 fully saturated rings. The molecule has 1 aliphatic rings. The van der Waals surface area contributed by atoms with E-state index in [0.29, 0.717) is 5.70 Å². The number of hydrogen-bond acceptors (Lipinski definition) is 5. The number of carbonyl (C=O) groups excluding carboxylic acids is 2. The second-order valence-corrected chi connectivity index (χ2v) is 3.92. The number of rotatable bonds is 3. The molecule has 0 amide bonds. The van der Waals surface area contributed by atoms with Gasteiger partial charge in [-0.1, -0.05) is 0 Å². The molecular formula is C13H16NO5+. The van der Waals surface area contributed by atoms with Crippen LogP contribution in [0.15, 0.2) is 34.4 Å². The van der Waals surface area contributed by atoms with Crippen LogP contribution >= 0.6 is 0 Å². The Kier molecular flexibility index (Phi) is 4.26. The van der Waals surface area contributed by atoms with Crippen LogP contribution in [0.4, 0.5) is 0 Å². The van der Waals surface area contributed by atoms with Crippen LogP contribution in [0.1, 0.15) is 13.8 Å². The van der Waals surface area contributed by atoms with Gasteiger partial charge >= 0.3 is 11.9 Å². The topological polar surface area (TPSA) is 75.8 Å². The Hall–Kier alpha value is -2.37. The minimum atomic E-state index is -0.696. The highest BCUT2D eigenvalue weighted by atomic mass is 16.5. The predicted molar refractivity (Wildman–Crippen MR) is 67.5 cm³/mol. The minimum absolute atomic E-state index is 0.0234. The summed E-state index contributed by atoms with van der Waals surface area (Å²) in [6, 6.07) is 0. The zero-order valence-corrected chi connectivity index (χ0v) is 11.3. The molecule has 0 aromatic rings. The summed E-state index contributed by atoms with van der Waals surface area (Å²) in [4.78, 5) is 23.6. The highest BCUT2D eigenvalue weighted by Crippen LogP contribution is 2.31. The first-order valence-electron chi connectivity index (χ1n) is 5.45. The van der Waals surface area contributed by atoms with Gasteiger partial charge in [-0.3, -0.25) is 0 Å². The van der Waals surface area contributed by atoms with Crippen LogP contribution in [0, 0.1) is 0 Å². The summed E-state index contributed by atoms with van der Waals surface area (Å²) in [5.74, 6) is -1.38. The van der Waals surface area contributed by atoms with Gasteiger partial charge in [-0.05, 0) is 6.92 Å². The van der Waals surface area contributed by atoms with Crippen molar-refractivity contribution in [2.45, 2.75) is 13.8 Å². The number of carbonyl (C=O) groups is 2. The smallest absolute Gasteiger partial charge is 0.345 e. The van der Waals surface area contributed by atoms with Crippen molar-refractivity contribution in [2.75, 3.05) is 14.2 Å². The van der Waals surface area contributed by atoms with Crippen LogP contribution < -0.4 is 0 Å². The Morgan fingerprint density at radius 1 is 1.21 bits per heavy atom. The molecule has 0 aliphatic carbocycles. The van der Waals surface area contributed by atoms with E-state index in [2.05, 4.69) is 16.2 Å². The Morgan fingerprint density at radius 3 is 2.11 bits per heavy atom. The maximum Gasteiger partial charge on any atom is 0.345 e. The van der Waals surface area contributed by atoms with Gasteiger partial charge in [-0.15, -0.1) is 0 Å². The molecule has 0 aromatic heterocycles. The molecule has 102 valence electrons. The number of hydrogen-bond donors (Lipinski definition) is 1. The van der Waals surface area contributed by atoms with Gasteiger partial charge < -0.3 is 14.6 Å². The van der Waals surface area contributed by atoms with Gasteiger partial charge in [0, 0.05) is 13.0 Å². The average molecular weight is 266 g/mol. The van der Waals surface area contributed by atoms with E-state index in [-0.39, 0.29) is 22.6 Å². The molecule has 6 heteroatoms. The first kappa shape index (κ1) is 14.7. The lowest BCUT2D eigenvalue weighted by Crippen LogP contribution is -2.14. The van der Waals surface area contributed by atoms with Crippen molar-refractivity contribution in [3.8, 4) is 0 Å². The lowest BCUT2D eigenvalue weighted by atomic mass is 10.1. The zero-order valence-electron chi connectivity index (χ0n) is 11.3. The number of allylic oxidation sites excluding steroid dienone is 3. The highest BCUT2D eigenvalue weighted by Gasteiger charge is 2.41. The van der Waals surface area contributed by atoms with Crippen LogP contribution in [0.25, 0.3) is 0 Å². The average Bonchev–Trinajstić information content (AvgIpc) is 2.61. The fourth-order valence-corrected chi connectivity index (χ4v) is 1.77. The quantitative estimate of drug-likeness (QED) is 0.469. The van der Waals surface area contributed by atoms with Gasteiger partial charge in [-0.2, -0.15) is 4.58 Å². The standard InChI is InChI=1S/C13H15NO5/c1-7(15)6-9-11(13(17)19-5)10(12(16)18-4)8(2)14(9)3/h6H,3H2,1-2,4-5H3/p+1. The number of nitrogens with zero attached hydrogens (tertiary/aromatic N) is 1. The number of ether oxygens (including phenoxy) is 2. The summed E-state index contributed by atoms with van der Waals surface area (Å²) < 4.78 is 10.7. The Balaban J connectivity index is 3.56. The van der Waals surface area contributed by atoms with Gasteiger partial charge in [0.1, 0.15) is 12.3 Å². The van der Waals surface area contributed by atoms with Crippen LogP contribution in [0.3, 0.4) is 0 Å². The third kappa shape index (κ3) is 2.57. The van der Waals surface area contributed by atoms with E-state index in [0.717, 1.165) is 0 Å². The second kappa shape index (κ2) is 5.51. The fraction of sp³-hybridized carbons (Fsp3) is 0.308. The summed E-state index contributed by atoms with van der Waals surface area (Å²) in [5.41, 5.74) is 0.830. The van der Waals surface area contributed by atoms with Crippen molar-refractivity contribution in [3.05, 3.63) is 34.4 Å². The van der Waals surface area contributed by atoms with Gasteiger partial charge in [0.05, 0.1) is 20.0 Å². The van der Waals surface area contributed by atoms with E-state index in [1.54, 1.807) is 6.92 Å². The summed E-state index contributed by atoms with van der Waals surface area (Å²) in [5, 5.41) is 9.36. The van der Waals surface area contributed by atoms with Crippen molar-refractivity contribution < 1.29 is 28.7 Å². The van der Waals surface area contributed by atoms with E-state index < -0.39 is 11.9 Å². The molecular weight excluding hydrogens is 250 g/mol. The minimum Gasteiger partial charge on any atom is -0.512 e. The molecule has 0 bridgehead atoms. The third-order valence-electron chi connectivity index (χ3n) is 2.69. The zero-order chi connectivity index (χ0) is 14.7. The summed E-state index contributed by atoms with van der Waals surface area (Å²) in [6.45, 7) is 6.80. The van der Waals surface area contributed by atoms with E-state index in [1.807, 2.05) is 0 Å². The summed E-state index contributed by atoms with van der Waals surface area (Å²) in [6.07, 6.45) is 1.33. The largest absolute Gasteiger partial charge is 0.512 e. The molecule has 1 rings (SSSR count). The number of methoxy groups -OCH3 is 2. The molecule has 6 nitrogen and oxygen atoms in total. The molecule has 0 radical (unpaired) electrons. The highest BCUT2D eigenvalue weighted by molar-refractivity contribution is 6.08. The van der Waals surface area contributed by atoms with Gasteiger partial charge in [-0.25, -0.2) is 9.59 Å². The Morgan fingerprint density at radius 2 is 1.68 bits per heavy atom. The molecule has 0 atom stereocenters. The molecule has 0 unspecified atom stereocenters. The van der Waals surface area contributed by atoms with Crippen LogP contribution in [0.2, 0.25) is 0 Å². The number of esters is 2. The second-order valence-electron chi connectivity index (χ2n) is 3.92. The van der Waals surface area contributed by atoms with Gasteiger partial charge in [0.15, 0.2) is 11.3 Å². The van der Waals surface area contributed by atoms with Gasteiger partial charge in [0.2, 0.25) is 5.70 Å². The first-order valence-corrected chi connectivity index (χ1v) is 5.45. The van der Waals surface area contributed by atoms with Crippen molar-refractivity contribution in [2.24, 2.45) is 0 Å². The predicted octanol–water partition coefficient (Wildman–Crippen LogP) is 1.05. The lowest BCUT2D eigenvalue weighted by molar-refractivity contribution is -0.403. The maximum atomic E-state index is 11.8. The monoisotopic (exact) mass is 266 g/mol.